The number of amides is 1. The first-order valence-electron chi connectivity index (χ1n) is 7.27. The SMILES string of the molecule is Cc1[nH]nc(C(=O)N2CC3CCN(C)CC3(C(=O)O)C2)c1Cl. The molecule has 0 bridgehead atoms. The summed E-state index contributed by atoms with van der Waals surface area (Å²) in [5.41, 5.74) is -0.0819. The molecule has 1 amide bonds. The number of aromatic amines is 1. The number of nitrogens with zero attached hydrogens (tertiary/aromatic N) is 3. The van der Waals surface area contributed by atoms with Crippen molar-refractivity contribution in [2.24, 2.45) is 11.3 Å². The van der Waals surface area contributed by atoms with E-state index in [1.807, 2.05) is 11.9 Å². The van der Waals surface area contributed by atoms with E-state index in [0.29, 0.717) is 23.8 Å². The Labute approximate surface area is 133 Å². The number of aliphatic carboxylic acids is 1. The van der Waals surface area contributed by atoms with E-state index in [1.54, 1.807) is 11.8 Å². The van der Waals surface area contributed by atoms with Crippen molar-refractivity contribution in [3.05, 3.63) is 16.4 Å². The predicted octanol–water partition coefficient (Wildman–Crippen LogP) is 0.850. The van der Waals surface area contributed by atoms with E-state index >= 15 is 0 Å². The molecule has 0 aliphatic carbocycles. The number of aryl methyl sites for hydroxylation is 1. The number of fused-ring (bicyclic) bond motifs is 1. The van der Waals surface area contributed by atoms with Gasteiger partial charge in [0.25, 0.3) is 5.91 Å². The van der Waals surface area contributed by atoms with Crippen LogP contribution in [0, 0.1) is 18.3 Å². The van der Waals surface area contributed by atoms with Crippen molar-refractivity contribution in [3.8, 4) is 0 Å². The van der Waals surface area contributed by atoms with Gasteiger partial charge in [-0.1, -0.05) is 11.6 Å². The van der Waals surface area contributed by atoms with E-state index in [9.17, 15) is 14.7 Å². The van der Waals surface area contributed by atoms with Crippen LogP contribution in [-0.2, 0) is 4.79 Å². The van der Waals surface area contributed by atoms with Gasteiger partial charge in [-0.25, -0.2) is 0 Å². The van der Waals surface area contributed by atoms with Gasteiger partial charge in [0.2, 0.25) is 0 Å². The summed E-state index contributed by atoms with van der Waals surface area (Å²) in [5.74, 6) is -1.15. The van der Waals surface area contributed by atoms with E-state index < -0.39 is 11.4 Å². The Kier molecular flexibility index (Phi) is 3.65. The number of aromatic nitrogens is 2. The first-order chi connectivity index (χ1) is 10.3. The molecule has 7 nitrogen and oxygen atoms in total. The Morgan fingerprint density at radius 2 is 2.18 bits per heavy atom. The smallest absolute Gasteiger partial charge is 0.313 e. The van der Waals surface area contributed by atoms with Crippen LogP contribution in [0.4, 0.5) is 0 Å². The number of H-pyrrole nitrogens is 1. The normalized spacial score (nSPS) is 28.7. The Balaban J connectivity index is 1.87. The number of piperidine rings is 1. The zero-order chi connectivity index (χ0) is 16.1. The minimum atomic E-state index is -0.888. The summed E-state index contributed by atoms with van der Waals surface area (Å²) >= 11 is 6.09. The second-order valence-electron chi connectivity index (χ2n) is 6.38. The summed E-state index contributed by atoms with van der Waals surface area (Å²) in [7, 11) is 1.92. The van der Waals surface area contributed by atoms with Crippen LogP contribution in [0.15, 0.2) is 0 Å². The van der Waals surface area contributed by atoms with E-state index in [2.05, 4.69) is 10.2 Å². The lowest BCUT2D eigenvalue weighted by molar-refractivity contribution is -0.153. The number of hydrogen-bond donors (Lipinski definition) is 2. The number of likely N-dealkylation sites (tertiary alicyclic amines) is 2. The highest BCUT2D eigenvalue weighted by Crippen LogP contribution is 2.42. The van der Waals surface area contributed by atoms with E-state index in [0.717, 1.165) is 13.0 Å². The highest BCUT2D eigenvalue weighted by Gasteiger charge is 2.55. The largest absolute Gasteiger partial charge is 0.481 e. The molecular weight excluding hydrogens is 308 g/mol. The van der Waals surface area contributed by atoms with Gasteiger partial charge in [0.15, 0.2) is 5.69 Å². The summed E-state index contributed by atoms with van der Waals surface area (Å²) in [6.45, 7) is 3.71. The minimum Gasteiger partial charge on any atom is -0.481 e. The summed E-state index contributed by atoms with van der Waals surface area (Å²) in [4.78, 5) is 28.1. The molecule has 22 heavy (non-hydrogen) atoms. The van der Waals surface area contributed by atoms with Crippen LogP contribution in [-0.4, -0.2) is 70.2 Å². The molecule has 0 spiro atoms. The standard InChI is InChI=1S/C14H19ClN4O3/c1-8-10(15)11(17-16-8)12(20)19-5-9-3-4-18(2)6-14(9,7-19)13(21)22/h9H,3-7H2,1-2H3,(H,16,17)(H,21,22). The van der Waals surface area contributed by atoms with Crippen LogP contribution >= 0.6 is 11.6 Å². The molecule has 2 saturated heterocycles. The number of hydrogen-bond acceptors (Lipinski definition) is 4. The van der Waals surface area contributed by atoms with E-state index in [4.69, 9.17) is 11.6 Å². The van der Waals surface area contributed by atoms with Gasteiger partial charge >= 0.3 is 5.97 Å². The monoisotopic (exact) mass is 326 g/mol. The lowest BCUT2D eigenvalue weighted by Crippen LogP contribution is -2.52. The zero-order valence-electron chi connectivity index (χ0n) is 12.6. The second-order valence-corrected chi connectivity index (χ2v) is 6.76. The van der Waals surface area contributed by atoms with Gasteiger partial charge in [-0.05, 0) is 32.9 Å². The van der Waals surface area contributed by atoms with Gasteiger partial charge in [0.1, 0.15) is 5.41 Å². The lowest BCUT2D eigenvalue weighted by Gasteiger charge is -2.39. The zero-order valence-corrected chi connectivity index (χ0v) is 13.4. The third-order valence-corrected chi connectivity index (χ3v) is 5.36. The quantitative estimate of drug-likeness (QED) is 0.841. The Morgan fingerprint density at radius 3 is 2.77 bits per heavy atom. The predicted molar refractivity (Wildman–Crippen MR) is 79.9 cm³/mol. The third kappa shape index (κ3) is 2.19. The van der Waals surface area contributed by atoms with Crippen molar-refractivity contribution < 1.29 is 14.7 Å². The number of carboxylic acids is 1. The molecule has 3 rings (SSSR count). The first-order valence-corrected chi connectivity index (χ1v) is 7.64. The van der Waals surface area contributed by atoms with Gasteiger partial charge in [-0.3, -0.25) is 14.7 Å². The van der Waals surface area contributed by atoms with Crippen molar-refractivity contribution in [1.29, 1.82) is 0 Å². The summed E-state index contributed by atoms with van der Waals surface area (Å²) in [6, 6.07) is 0. The number of halogens is 1. The molecule has 2 N–H and O–H groups in total. The molecule has 2 unspecified atom stereocenters. The van der Waals surface area contributed by atoms with Gasteiger partial charge in [0.05, 0.1) is 10.7 Å². The molecule has 0 saturated carbocycles. The van der Waals surface area contributed by atoms with Crippen molar-refractivity contribution in [3.63, 3.8) is 0 Å². The molecule has 0 radical (unpaired) electrons. The summed E-state index contributed by atoms with van der Waals surface area (Å²) < 4.78 is 0. The highest BCUT2D eigenvalue weighted by atomic mass is 35.5. The number of carbonyl (C=O) groups excluding carboxylic acids is 1. The Hall–Kier alpha value is -1.60. The van der Waals surface area contributed by atoms with Crippen LogP contribution in [0.3, 0.4) is 0 Å². The number of nitrogens with one attached hydrogen (secondary N) is 1. The average Bonchev–Trinajstić information content (AvgIpc) is 3.00. The maximum absolute atomic E-state index is 12.6. The minimum absolute atomic E-state index is 0.0241. The molecule has 2 atom stereocenters. The van der Waals surface area contributed by atoms with Crippen LogP contribution in [0.2, 0.25) is 5.02 Å². The third-order valence-electron chi connectivity index (χ3n) is 4.89. The maximum Gasteiger partial charge on any atom is 0.313 e. The average molecular weight is 327 g/mol. The molecule has 2 aliphatic rings. The van der Waals surface area contributed by atoms with Gasteiger partial charge in [0, 0.05) is 19.6 Å². The Morgan fingerprint density at radius 1 is 1.45 bits per heavy atom. The van der Waals surface area contributed by atoms with E-state index in [-0.39, 0.29) is 24.1 Å². The highest BCUT2D eigenvalue weighted by molar-refractivity contribution is 6.34. The molecule has 1 aromatic heterocycles. The molecule has 0 aromatic carbocycles. The van der Waals surface area contributed by atoms with Gasteiger partial charge < -0.3 is 14.9 Å². The lowest BCUT2D eigenvalue weighted by atomic mass is 9.73. The molecule has 1 aromatic rings. The van der Waals surface area contributed by atoms with E-state index in [1.165, 1.54) is 0 Å². The number of rotatable bonds is 2. The molecule has 3 heterocycles. The van der Waals surface area contributed by atoms with Crippen molar-refractivity contribution in [1.82, 2.24) is 20.0 Å². The molecule has 2 fully saturated rings. The molecular formula is C14H19ClN4O3. The van der Waals surface area contributed by atoms with Crippen LogP contribution in [0.1, 0.15) is 22.6 Å². The maximum atomic E-state index is 12.6. The molecule has 2 aliphatic heterocycles. The van der Waals surface area contributed by atoms with Crippen LogP contribution in [0.5, 0.6) is 0 Å². The van der Waals surface area contributed by atoms with Crippen LogP contribution < -0.4 is 0 Å². The summed E-state index contributed by atoms with van der Waals surface area (Å²) in [6.07, 6.45) is 0.778. The van der Waals surface area contributed by atoms with Crippen LogP contribution in [0.25, 0.3) is 0 Å². The number of carboxylic acid groups (broad SMARTS) is 1. The van der Waals surface area contributed by atoms with Crippen molar-refractivity contribution in [2.75, 3.05) is 33.2 Å². The topological polar surface area (TPSA) is 89.5 Å². The molecule has 120 valence electrons. The fraction of sp³-hybridized carbons (Fsp3) is 0.643. The second kappa shape index (κ2) is 5.24. The summed E-state index contributed by atoms with van der Waals surface area (Å²) in [5, 5.41) is 16.7. The van der Waals surface area contributed by atoms with Crippen molar-refractivity contribution >= 4 is 23.5 Å². The van der Waals surface area contributed by atoms with Gasteiger partial charge in [-0.15, -0.1) is 0 Å². The molecule has 8 heteroatoms. The Bertz CT molecular complexity index is 632. The van der Waals surface area contributed by atoms with Crippen molar-refractivity contribution in [2.45, 2.75) is 13.3 Å². The first kappa shape index (κ1) is 15.3. The fourth-order valence-corrected chi connectivity index (χ4v) is 3.80. The number of carbonyl (C=O) groups is 2. The fourth-order valence-electron chi connectivity index (χ4n) is 3.63. The van der Waals surface area contributed by atoms with Gasteiger partial charge in [-0.2, -0.15) is 5.10 Å².